The minimum atomic E-state index is -2.11. The Hall–Kier alpha value is -0.670. The van der Waals surface area contributed by atoms with E-state index >= 15 is 0 Å². The Bertz CT molecular complexity index is 564. The SMILES string of the molecule is Cl.Cl.Fc1c(F)c(F)c([C@H](C2CCOCC2)N2CCNCC2)c(F)c1F. The predicted octanol–water partition coefficient (Wildman–Crippen LogP) is 3.60. The Morgan fingerprint density at radius 1 is 0.808 bits per heavy atom. The quantitative estimate of drug-likeness (QED) is 0.457. The van der Waals surface area contributed by atoms with Gasteiger partial charge in [-0.25, -0.2) is 22.0 Å². The van der Waals surface area contributed by atoms with Gasteiger partial charge in [0.15, 0.2) is 23.3 Å². The predicted molar refractivity (Wildman–Crippen MR) is 91.5 cm³/mol. The van der Waals surface area contributed by atoms with Gasteiger partial charge in [-0.1, -0.05) is 0 Å². The Morgan fingerprint density at radius 2 is 1.27 bits per heavy atom. The molecule has 150 valence electrons. The summed E-state index contributed by atoms with van der Waals surface area (Å²) >= 11 is 0. The summed E-state index contributed by atoms with van der Waals surface area (Å²) < 4.78 is 74.7. The topological polar surface area (TPSA) is 24.5 Å². The van der Waals surface area contributed by atoms with Crippen molar-refractivity contribution in [2.45, 2.75) is 18.9 Å². The Balaban J connectivity index is 0.00000169. The van der Waals surface area contributed by atoms with Crippen molar-refractivity contribution in [3.05, 3.63) is 34.6 Å². The standard InChI is InChI=1S/C16H19F5N2O.2ClH/c17-11-10(12(18)14(20)15(21)13(11)19)16(9-1-7-24-8-2-9)23-5-3-22-4-6-23;;/h9,16,22H,1-8H2;2*1H/t16-;;/m0../s1. The fourth-order valence-electron chi connectivity index (χ4n) is 3.59. The van der Waals surface area contributed by atoms with Crippen LogP contribution in [0.5, 0.6) is 0 Å². The molecule has 3 rings (SSSR count). The lowest BCUT2D eigenvalue weighted by atomic mass is 9.84. The smallest absolute Gasteiger partial charge is 0.200 e. The van der Waals surface area contributed by atoms with E-state index in [0.717, 1.165) is 0 Å². The van der Waals surface area contributed by atoms with Crippen molar-refractivity contribution in [3.8, 4) is 0 Å². The highest BCUT2D eigenvalue weighted by atomic mass is 35.5. The fourth-order valence-corrected chi connectivity index (χ4v) is 3.59. The molecular formula is C16H21Cl2F5N2O. The van der Waals surface area contributed by atoms with Gasteiger partial charge in [0, 0.05) is 51.0 Å². The van der Waals surface area contributed by atoms with E-state index in [0.29, 0.717) is 52.2 Å². The van der Waals surface area contributed by atoms with Crippen LogP contribution in [-0.4, -0.2) is 44.3 Å². The number of nitrogens with zero attached hydrogens (tertiary/aromatic N) is 1. The van der Waals surface area contributed by atoms with Crippen LogP contribution in [0, 0.1) is 35.0 Å². The van der Waals surface area contributed by atoms with Gasteiger partial charge in [0.25, 0.3) is 0 Å². The highest BCUT2D eigenvalue weighted by Crippen LogP contribution is 2.39. The lowest BCUT2D eigenvalue weighted by molar-refractivity contribution is 0.0186. The van der Waals surface area contributed by atoms with Gasteiger partial charge in [-0.05, 0) is 18.8 Å². The van der Waals surface area contributed by atoms with Gasteiger partial charge in [-0.3, -0.25) is 4.90 Å². The summed E-state index contributed by atoms with van der Waals surface area (Å²) in [4.78, 5) is 1.81. The van der Waals surface area contributed by atoms with E-state index in [1.54, 1.807) is 0 Å². The maximum atomic E-state index is 14.4. The molecule has 0 amide bonds. The van der Waals surface area contributed by atoms with Crippen LogP contribution >= 0.6 is 24.8 Å². The second-order valence-corrected chi connectivity index (χ2v) is 6.16. The number of benzene rings is 1. The van der Waals surface area contributed by atoms with E-state index < -0.39 is 40.7 Å². The lowest BCUT2D eigenvalue weighted by Crippen LogP contribution is -2.48. The average Bonchev–Trinajstić information content (AvgIpc) is 2.63. The molecule has 0 unspecified atom stereocenters. The zero-order valence-corrected chi connectivity index (χ0v) is 15.5. The minimum Gasteiger partial charge on any atom is -0.381 e. The summed E-state index contributed by atoms with van der Waals surface area (Å²) in [6, 6.07) is -0.847. The van der Waals surface area contributed by atoms with Crippen molar-refractivity contribution < 1.29 is 26.7 Å². The lowest BCUT2D eigenvalue weighted by Gasteiger charge is -2.41. The molecule has 0 aliphatic carbocycles. The molecule has 1 N–H and O–H groups in total. The molecule has 0 bridgehead atoms. The summed E-state index contributed by atoms with van der Waals surface area (Å²) in [5, 5.41) is 3.12. The van der Waals surface area contributed by atoms with E-state index in [1.807, 2.05) is 4.90 Å². The fraction of sp³-hybridized carbons (Fsp3) is 0.625. The summed E-state index contributed by atoms with van der Waals surface area (Å²) in [5.41, 5.74) is -0.708. The first-order valence-corrected chi connectivity index (χ1v) is 8.06. The van der Waals surface area contributed by atoms with Crippen LogP contribution in [0.1, 0.15) is 24.4 Å². The van der Waals surface area contributed by atoms with Crippen molar-refractivity contribution in [1.82, 2.24) is 10.2 Å². The molecule has 0 aromatic heterocycles. The molecular weight excluding hydrogens is 402 g/mol. The third kappa shape index (κ3) is 4.42. The van der Waals surface area contributed by atoms with Gasteiger partial charge in [-0.15, -0.1) is 24.8 Å². The normalized spacial score (nSPS) is 20.2. The van der Waals surface area contributed by atoms with Gasteiger partial charge in [0.1, 0.15) is 0 Å². The van der Waals surface area contributed by atoms with Crippen LogP contribution in [0.4, 0.5) is 22.0 Å². The summed E-state index contributed by atoms with van der Waals surface area (Å²) in [7, 11) is 0. The van der Waals surface area contributed by atoms with E-state index in [1.165, 1.54) is 0 Å². The maximum Gasteiger partial charge on any atom is 0.200 e. The largest absolute Gasteiger partial charge is 0.381 e. The third-order valence-corrected chi connectivity index (χ3v) is 4.80. The first-order valence-electron chi connectivity index (χ1n) is 8.06. The minimum absolute atomic E-state index is 0. The average molecular weight is 423 g/mol. The maximum absolute atomic E-state index is 14.4. The summed E-state index contributed by atoms with van der Waals surface area (Å²) in [6.45, 7) is 3.03. The van der Waals surface area contributed by atoms with Gasteiger partial charge < -0.3 is 10.1 Å². The van der Waals surface area contributed by atoms with E-state index in [4.69, 9.17) is 4.74 Å². The van der Waals surface area contributed by atoms with Gasteiger partial charge in [-0.2, -0.15) is 0 Å². The van der Waals surface area contributed by atoms with Crippen molar-refractivity contribution in [2.75, 3.05) is 39.4 Å². The number of piperazine rings is 1. The van der Waals surface area contributed by atoms with Crippen molar-refractivity contribution in [3.63, 3.8) is 0 Å². The molecule has 1 atom stereocenters. The van der Waals surface area contributed by atoms with Crippen molar-refractivity contribution in [2.24, 2.45) is 5.92 Å². The molecule has 2 aliphatic heterocycles. The van der Waals surface area contributed by atoms with Gasteiger partial charge in [0.05, 0.1) is 0 Å². The second kappa shape index (κ2) is 10.0. The van der Waals surface area contributed by atoms with Crippen LogP contribution in [0.25, 0.3) is 0 Å². The van der Waals surface area contributed by atoms with Gasteiger partial charge in [0.2, 0.25) is 5.82 Å². The number of hydrogen-bond acceptors (Lipinski definition) is 3. The molecule has 26 heavy (non-hydrogen) atoms. The van der Waals surface area contributed by atoms with Crippen LogP contribution in [0.3, 0.4) is 0 Å². The number of halogens is 7. The highest BCUT2D eigenvalue weighted by molar-refractivity contribution is 5.85. The first kappa shape index (κ1) is 23.4. The Morgan fingerprint density at radius 3 is 1.77 bits per heavy atom. The van der Waals surface area contributed by atoms with Crippen LogP contribution in [0.2, 0.25) is 0 Å². The molecule has 2 fully saturated rings. The second-order valence-electron chi connectivity index (χ2n) is 6.16. The third-order valence-electron chi connectivity index (χ3n) is 4.80. The van der Waals surface area contributed by atoms with Crippen molar-refractivity contribution >= 4 is 24.8 Å². The van der Waals surface area contributed by atoms with Crippen molar-refractivity contribution in [1.29, 1.82) is 0 Å². The molecule has 2 heterocycles. The molecule has 0 saturated carbocycles. The molecule has 1 aromatic rings. The zero-order valence-electron chi connectivity index (χ0n) is 13.9. The summed E-state index contributed by atoms with van der Waals surface area (Å²) in [5.74, 6) is -9.53. The van der Waals surface area contributed by atoms with Crippen LogP contribution < -0.4 is 5.32 Å². The molecule has 2 saturated heterocycles. The number of rotatable bonds is 3. The summed E-state index contributed by atoms with van der Waals surface area (Å²) in [6.07, 6.45) is 1.04. The molecule has 1 aromatic carbocycles. The highest BCUT2D eigenvalue weighted by Gasteiger charge is 2.38. The molecule has 0 spiro atoms. The molecule has 2 aliphatic rings. The zero-order chi connectivity index (χ0) is 17.3. The van der Waals surface area contributed by atoms with E-state index in [-0.39, 0.29) is 30.7 Å². The molecule has 3 nitrogen and oxygen atoms in total. The Labute approximate surface area is 161 Å². The van der Waals surface area contributed by atoms with Gasteiger partial charge >= 0.3 is 0 Å². The van der Waals surface area contributed by atoms with E-state index in [9.17, 15) is 22.0 Å². The molecule has 0 radical (unpaired) electrons. The van der Waals surface area contributed by atoms with Crippen LogP contribution in [-0.2, 0) is 4.74 Å². The van der Waals surface area contributed by atoms with Crippen LogP contribution in [0.15, 0.2) is 0 Å². The van der Waals surface area contributed by atoms with E-state index in [2.05, 4.69) is 5.32 Å². The molecule has 10 heteroatoms. The number of nitrogens with one attached hydrogen (secondary N) is 1. The Kier molecular flexibility index (Phi) is 9.02. The number of hydrogen-bond donors (Lipinski definition) is 1. The monoisotopic (exact) mass is 422 g/mol. The first-order chi connectivity index (χ1) is 11.5. The number of ether oxygens (including phenoxy) is 1.